The molecule has 1 aromatic rings. The summed E-state index contributed by atoms with van der Waals surface area (Å²) in [6, 6.07) is 7.56. The van der Waals surface area contributed by atoms with Gasteiger partial charge in [0.15, 0.2) is 0 Å². The fourth-order valence-corrected chi connectivity index (χ4v) is 2.06. The zero-order valence-electron chi connectivity index (χ0n) is 9.39. The van der Waals surface area contributed by atoms with Gasteiger partial charge in [-0.1, -0.05) is 18.5 Å². The fourth-order valence-electron chi connectivity index (χ4n) is 1.84. The van der Waals surface area contributed by atoms with E-state index in [4.69, 9.17) is 16.9 Å². The maximum absolute atomic E-state index is 8.76. The topological polar surface area (TPSA) is 35.8 Å². The Labute approximate surface area is 101 Å². The molecule has 0 unspecified atom stereocenters. The van der Waals surface area contributed by atoms with E-state index in [0.29, 0.717) is 16.0 Å². The average Bonchev–Trinajstić information content (AvgIpc) is 3.07. The molecule has 0 bridgehead atoms. The van der Waals surface area contributed by atoms with Gasteiger partial charge in [0.25, 0.3) is 0 Å². The Hall–Kier alpha value is -1.20. The first kappa shape index (κ1) is 11.3. The van der Waals surface area contributed by atoms with Crippen LogP contribution in [0.25, 0.3) is 0 Å². The number of anilines is 1. The van der Waals surface area contributed by atoms with Crippen LogP contribution < -0.4 is 5.32 Å². The number of nitrogens with zero attached hydrogens (tertiary/aromatic N) is 1. The smallest absolute Gasteiger partial charge is 0.101 e. The zero-order chi connectivity index (χ0) is 11.6. The fraction of sp³-hybridized carbons (Fsp3) is 0.462. The lowest BCUT2D eigenvalue weighted by molar-refractivity contribution is 0.521. The van der Waals surface area contributed by atoms with Crippen LogP contribution in [0.2, 0.25) is 5.02 Å². The highest BCUT2D eigenvalue weighted by Gasteiger charge is 2.40. The third kappa shape index (κ3) is 2.31. The molecule has 0 aliphatic heterocycles. The van der Waals surface area contributed by atoms with Gasteiger partial charge in [-0.2, -0.15) is 5.26 Å². The largest absolute Gasteiger partial charge is 0.384 e. The van der Waals surface area contributed by atoms with Gasteiger partial charge in [-0.15, -0.1) is 0 Å². The Morgan fingerprint density at radius 2 is 2.25 bits per heavy atom. The molecule has 3 heteroatoms. The Bertz CT molecular complexity index is 430. The molecule has 1 saturated carbocycles. The summed E-state index contributed by atoms with van der Waals surface area (Å²) < 4.78 is 0. The minimum atomic E-state index is 0.514. The molecule has 1 aromatic carbocycles. The Balaban J connectivity index is 2.00. The zero-order valence-corrected chi connectivity index (χ0v) is 10.1. The van der Waals surface area contributed by atoms with E-state index in [9.17, 15) is 0 Å². The Kier molecular flexibility index (Phi) is 3.07. The highest BCUT2D eigenvalue weighted by molar-refractivity contribution is 6.32. The molecule has 0 heterocycles. The van der Waals surface area contributed by atoms with Gasteiger partial charge in [0, 0.05) is 12.2 Å². The van der Waals surface area contributed by atoms with Crippen molar-refractivity contribution in [2.45, 2.75) is 26.2 Å². The number of benzene rings is 1. The van der Waals surface area contributed by atoms with Gasteiger partial charge in [0.1, 0.15) is 6.07 Å². The van der Waals surface area contributed by atoms with Crippen LogP contribution in [-0.2, 0) is 0 Å². The molecule has 1 fully saturated rings. The lowest BCUT2D eigenvalue weighted by Crippen LogP contribution is -2.14. The molecule has 2 rings (SSSR count). The summed E-state index contributed by atoms with van der Waals surface area (Å²) in [5, 5.41) is 12.7. The molecule has 16 heavy (non-hydrogen) atoms. The molecule has 1 N–H and O–H groups in total. The van der Waals surface area contributed by atoms with Crippen LogP contribution in [0.3, 0.4) is 0 Å². The van der Waals surface area contributed by atoms with E-state index in [1.807, 2.05) is 12.1 Å². The summed E-state index contributed by atoms with van der Waals surface area (Å²) in [5.41, 5.74) is 2.05. The second kappa shape index (κ2) is 4.35. The third-order valence-corrected chi connectivity index (χ3v) is 3.78. The molecule has 2 nitrogen and oxygen atoms in total. The predicted molar refractivity (Wildman–Crippen MR) is 66.6 cm³/mol. The van der Waals surface area contributed by atoms with Crippen molar-refractivity contribution in [1.82, 2.24) is 0 Å². The molecule has 1 aliphatic carbocycles. The molecular formula is C13H15ClN2. The minimum absolute atomic E-state index is 0.514. The number of hydrogen-bond acceptors (Lipinski definition) is 2. The van der Waals surface area contributed by atoms with Crippen molar-refractivity contribution in [3.05, 3.63) is 28.8 Å². The Morgan fingerprint density at radius 1 is 1.50 bits per heavy atom. The van der Waals surface area contributed by atoms with Gasteiger partial charge in [0.2, 0.25) is 0 Å². The normalized spacial score (nSPS) is 16.6. The summed E-state index contributed by atoms with van der Waals surface area (Å²) in [5.74, 6) is 0. The SMILES string of the molecule is CCC1(CNc2ccc(C#N)c(Cl)c2)CC1. The Morgan fingerprint density at radius 3 is 2.75 bits per heavy atom. The van der Waals surface area contributed by atoms with Crippen molar-refractivity contribution in [1.29, 1.82) is 5.26 Å². The number of halogens is 1. The summed E-state index contributed by atoms with van der Waals surface area (Å²) >= 11 is 5.97. The summed E-state index contributed by atoms with van der Waals surface area (Å²) in [4.78, 5) is 0. The quantitative estimate of drug-likeness (QED) is 0.860. The lowest BCUT2D eigenvalue weighted by atomic mass is 10.0. The number of rotatable bonds is 4. The van der Waals surface area contributed by atoms with Crippen molar-refractivity contribution >= 4 is 17.3 Å². The highest BCUT2D eigenvalue weighted by atomic mass is 35.5. The highest BCUT2D eigenvalue weighted by Crippen LogP contribution is 2.48. The molecule has 0 spiro atoms. The van der Waals surface area contributed by atoms with Gasteiger partial charge >= 0.3 is 0 Å². The predicted octanol–water partition coefficient (Wildman–Crippen LogP) is 3.81. The van der Waals surface area contributed by atoms with E-state index in [2.05, 4.69) is 18.3 Å². The minimum Gasteiger partial charge on any atom is -0.384 e. The monoisotopic (exact) mass is 234 g/mol. The van der Waals surface area contributed by atoms with Gasteiger partial charge in [0.05, 0.1) is 10.6 Å². The van der Waals surface area contributed by atoms with E-state index >= 15 is 0 Å². The van der Waals surface area contributed by atoms with Crippen LogP contribution in [-0.4, -0.2) is 6.54 Å². The van der Waals surface area contributed by atoms with Crippen molar-refractivity contribution in [2.24, 2.45) is 5.41 Å². The van der Waals surface area contributed by atoms with Crippen LogP contribution in [0.4, 0.5) is 5.69 Å². The van der Waals surface area contributed by atoms with Crippen molar-refractivity contribution in [2.75, 3.05) is 11.9 Å². The molecule has 0 aromatic heterocycles. The first-order valence-corrected chi connectivity index (χ1v) is 6.00. The van der Waals surface area contributed by atoms with Gasteiger partial charge in [-0.3, -0.25) is 0 Å². The standard InChI is InChI=1S/C13H15ClN2/c1-2-13(5-6-13)9-16-11-4-3-10(8-15)12(14)7-11/h3-4,7,16H,2,5-6,9H2,1H3. The maximum atomic E-state index is 8.76. The van der Waals surface area contributed by atoms with Crippen LogP contribution in [0.5, 0.6) is 0 Å². The van der Waals surface area contributed by atoms with E-state index in [1.165, 1.54) is 19.3 Å². The summed E-state index contributed by atoms with van der Waals surface area (Å²) in [6.45, 7) is 3.24. The molecular weight excluding hydrogens is 220 g/mol. The third-order valence-electron chi connectivity index (χ3n) is 3.46. The van der Waals surface area contributed by atoms with Crippen LogP contribution in [0, 0.1) is 16.7 Å². The molecule has 0 amide bonds. The second-order valence-corrected chi connectivity index (χ2v) is 4.92. The maximum Gasteiger partial charge on any atom is 0.101 e. The van der Waals surface area contributed by atoms with Crippen molar-refractivity contribution < 1.29 is 0 Å². The average molecular weight is 235 g/mol. The van der Waals surface area contributed by atoms with Crippen LogP contribution in [0.15, 0.2) is 18.2 Å². The van der Waals surface area contributed by atoms with E-state index in [1.54, 1.807) is 6.07 Å². The van der Waals surface area contributed by atoms with Crippen LogP contribution >= 0.6 is 11.6 Å². The molecule has 1 aliphatic rings. The molecule has 84 valence electrons. The van der Waals surface area contributed by atoms with E-state index in [-0.39, 0.29) is 0 Å². The van der Waals surface area contributed by atoms with Crippen LogP contribution in [0.1, 0.15) is 31.7 Å². The second-order valence-electron chi connectivity index (χ2n) is 4.51. The first-order chi connectivity index (χ1) is 7.69. The lowest BCUT2D eigenvalue weighted by Gasteiger charge is -2.14. The summed E-state index contributed by atoms with van der Waals surface area (Å²) in [7, 11) is 0. The summed E-state index contributed by atoms with van der Waals surface area (Å²) in [6.07, 6.45) is 3.87. The van der Waals surface area contributed by atoms with Gasteiger partial charge < -0.3 is 5.32 Å². The number of nitrogens with one attached hydrogen (secondary N) is 1. The number of nitriles is 1. The molecule has 0 saturated heterocycles. The molecule has 0 atom stereocenters. The molecule has 0 radical (unpaired) electrons. The van der Waals surface area contributed by atoms with Crippen molar-refractivity contribution in [3.63, 3.8) is 0 Å². The first-order valence-electron chi connectivity index (χ1n) is 5.63. The van der Waals surface area contributed by atoms with Gasteiger partial charge in [-0.05, 0) is 42.9 Å². The van der Waals surface area contributed by atoms with E-state index < -0.39 is 0 Å². The van der Waals surface area contributed by atoms with E-state index in [0.717, 1.165) is 12.2 Å². The van der Waals surface area contributed by atoms with Gasteiger partial charge in [-0.25, -0.2) is 0 Å². The van der Waals surface area contributed by atoms with Crippen molar-refractivity contribution in [3.8, 4) is 6.07 Å². The number of hydrogen-bond donors (Lipinski definition) is 1.